The Balaban J connectivity index is 1.43. The molecule has 6 heteroatoms. The average Bonchev–Trinajstić information content (AvgIpc) is 3.51. The number of hydrogen-bond acceptors (Lipinski definition) is 5. The Bertz CT molecular complexity index is 948. The van der Waals surface area contributed by atoms with E-state index in [9.17, 15) is 9.90 Å². The summed E-state index contributed by atoms with van der Waals surface area (Å²) in [6.45, 7) is 1.41. The molecule has 0 radical (unpaired) electrons. The number of allylic oxidation sites excluding steroid dienone is 2. The monoisotopic (exact) mass is 480 g/mol. The van der Waals surface area contributed by atoms with Gasteiger partial charge in [-0.25, -0.2) is 4.31 Å². The highest BCUT2D eigenvalue weighted by Gasteiger charge is 2.29. The fraction of sp³-hybridized carbons (Fsp3) is 0.464. The largest absolute Gasteiger partial charge is 0.497 e. The number of hydrogen-bond donors (Lipinski definition) is 2. The van der Waals surface area contributed by atoms with E-state index in [4.69, 9.17) is 4.74 Å². The molecule has 0 heterocycles. The van der Waals surface area contributed by atoms with Crippen LogP contribution in [0.25, 0.3) is 0 Å². The van der Waals surface area contributed by atoms with Gasteiger partial charge in [-0.2, -0.15) is 0 Å². The van der Waals surface area contributed by atoms with Gasteiger partial charge in [-0.3, -0.25) is 4.79 Å². The van der Waals surface area contributed by atoms with Crippen LogP contribution in [0.3, 0.4) is 0 Å². The molecule has 4 rings (SSSR count). The molecule has 5 nitrogen and oxygen atoms in total. The zero-order chi connectivity index (χ0) is 23.8. The number of nitrogens with one attached hydrogen (secondary N) is 1. The lowest BCUT2D eigenvalue weighted by molar-refractivity contribution is -0.123. The molecule has 0 aliphatic heterocycles. The summed E-state index contributed by atoms with van der Waals surface area (Å²) in [5.74, 6) is 1.84. The van der Waals surface area contributed by atoms with Crippen LogP contribution in [0.5, 0.6) is 5.75 Å². The molecule has 1 fully saturated rings. The number of benzene rings is 2. The highest BCUT2D eigenvalue weighted by molar-refractivity contribution is 7.97. The van der Waals surface area contributed by atoms with Gasteiger partial charge in [-0.15, -0.1) is 0 Å². The summed E-state index contributed by atoms with van der Waals surface area (Å²) < 4.78 is 7.63. The van der Waals surface area contributed by atoms with Gasteiger partial charge in [0.2, 0.25) is 5.91 Å². The van der Waals surface area contributed by atoms with Crippen molar-refractivity contribution in [1.29, 1.82) is 0 Å². The molecule has 3 unspecified atom stereocenters. The van der Waals surface area contributed by atoms with Gasteiger partial charge < -0.3 is 15.2 Å². The number of carbonyl (C=O) groups is 1. The Morgan fingerprint density at radius 1 is 1.18 bits per heavy atom. The fourth-order valence-electron chi connectivity index (χ4n) is 4.40. The highest BCUT2D eigenvalue weighted by Crippen LogP contribution is 2.34. The molecule has 0 aromatic heterocycles. The summed E-state index contributed by atoms with van der Waals surface area (Å²) in [7, 11) is 1.67. The predicted octanol–water partition coefficient (Wildman–Crippen LogP) is 4.86. The van der Waals surface area contributed by atoms with Crippen molar-refractivity contribution in [2.75, 3.05) is 20.2 Å². The first-order chi connectivity index (χ1) is 16.6. The molecule has 34 heavy (non-hydrogen) atoms. The lowest BCUT2D eigenvalue weighted by Crippen LogP contribution is -2.49. The summed E-state index contributed by atoms with van der Waals surface area (Å²) in [4.78, 5) is 13.9. The first-order valence-corrected chi connectivity index (χ1v) is 13.1. The van der Waals surface area contributed by atoms with Gasteiger partial charge in [0.25, 0.3) is 0 Å². The van der Waals surface area contributed by atoms with Crippen molar-refractivity contribution in [1.82, 2.24) is 9.62 Å². The molecule has 2 aromatic carbocycles. The van der Waals surface area contributed by atoms with Crippen LogP contribution in [0.1, 0.15) is 37.7 Å². The van der Waals surface area contributed by atoms with Crippen LogP contribution in [0.2, 0.25) is 0 Å². The lowest BCUT2D eigenvalue weighted by Gasteiger charge is -2.30. The van der Waals surface area contributed by atoms with Gasteiger partial charge in [0.15, 0.2) is 0 Å². The second-order valence-electron chi connectivity index (χ2n) is 9.46. The minimum Gasteiger partial charge on any atom is -0.497 e. The molecule has 2 N–H and O–H groups in total. The number of amides is 1. The summed E-state index contributed by atoms with van der Waals surface area (Å²) >= 11 is 1.66. The van der Waals surface area contributed by atoms with Gasteiger partial charge in [0.05, 0.1) is 19.3 Å². The highest BCUT2D eigenvalue weighted by atomic mass is 32.2. The van der Waals surface area contributed by atoms with Crippen LogP contribution in [-0.4, -0.2) is 47.7 Å². The maximum atomic E-state index is 12.9. The Hall–Kier alpha value is -2.28. The number of methoxy groups -OCH3 is 1. The second kappa shape index (κ2) is 12.4. The van der Waals surface area contributed by atoms with Crippen molar-refractivity contribution in [2.24, 2.45) is 11.8 Å². The van der Waals surface area contributed by atoms with Crippen molar-refractivity contribution in [3.8, 4) is 5.75 Å². The van der Waals surface area contributed by atoms with Crippen LogP contribution in [0, 0.1) is 11.8 Å². The van der Waals surface area contributed by atoms with Gasteiger partial charge in [-0.05, 0) is 79.7 Å². The molecule has 2 aromatic rings. The zero-order valence-corrected chi connectivity index (χ0v) is 20.8. The minimum absolute atomic E-state index is 0.0192. The standard InChI is InChI=1S/C28H36N2O3S/c1-33-24-12-7-13-25(18-24)34-30(19-23-14-15-23)20-27(31)26(16-21-8-3-2-4-9-21)29-28(32)17-22-10-5-6-11-22/h2-5,7-10,12-13,18,22-23,26-27,31H,6,11,14-17,19-20H2,1H3,(H,29,32). The molecular formula is C28H36N2O3S. The van der Waals surface area contributed by atoms with Gasteiger partial charge >= 0.3 is 0 Å². The van der Waals surface area contributed by atoms with Crippen LogP contribution >= 0.6 is 11.9 Å². The molecule has 2 aliphatic rings. The Kier molecular flexibility index (Phi) is 9.08. The van der Waals surface area contributed by atoms with E-state index in [-0.39, 0.29) is 11.9 Å². The number of aliphatic hydroxyl groups excluding tert-OH is 1. The van der Waals surface area contributed by atoms with Gasteiger partial charge in [-0.1, -0.05) is 48.6 Å². The number of carbonyl (C=O) groups excluding carboxylic acids is 1. The summed E-state index contributed by atoms with van der Waals surface area (Å²) in [6, 6.07) is 17.8. The average molecular weight is 481 g/mol. The smallest absolute Gasteiger partial charge is 0.220 e. The maximum Gasteiger partial charge on any atom is 0.220 e. The van der Waals surface area contributed by atoms with Crippen LogP contribution in [-0.2, 0) is 11.2 Å². The predicted molar refractivity (Wildman–Crippen MR) is 138 cm³/mol. The van der Waals surface area contributed by atoms with Crippen LogP contribution < -0.4 is 10.1 Å². The van der Waals surface area contributed by atoms with Crippen molar-refractivity contribution < 1.29 is 14.6 Å². The van der Waals surface area contributed by atoms with Gasteiger partial charge in [0, 0.05) is 24.4 Å². The normalized spacial score (nSPS) is 19.2. The van der Waals surface area contributed by atoms with E-state index in [1.54, 1.807) is 19.1 Å². The fourth-order valence-corrected chi connectivity index (χ4v) is 5.52. The third kappa shape index (κ3) is 7.90. The van der Waals surface area contributed by atoms with E-state index >= 15 is 0 Å². The Morgan fingerprint density at radius 2 is 2.00 bits per heavy atom. The van der Waals surface area contributed by atoms with Gasteiger partial charge in [0.1, 0.15) is 5.75 Å². The molecule has 182 valence electrons. The second-order valence-corrected chi connectivity index (χ2v) is 10.6. The van der Waals surface area contributed by atoms with E-state index < -0.39 is 6.10 Å². The quantitative estimate of drug-likeness (QED) is 0.317. The minimum atomic E-state index is -0.680. The topological polar surface area (TPSA) is 61.8 Å². The molecule has 3 atom stereocenters. The van der Waals surface area contributed by atoms with Crippen molar-refractivity contribution in [3.63, 3.8) is 0 Å². The summed E-state index contributed by atoms with van der Waals surface area (Å²) in [5, 5.41) is 14.5. The lowest BCUT2D eigenvalue weighted by atomic mass is 9.99. The molecular weight excluding hydrogens is 444 g/mol. The van der Waals surface area contributed by atoms with E-state index in [2.05, 4.69) is 40.0 Å². The molecule has 0 bridgehead atoms. The Morgan fingerprint density at radius 3 is 2.71 bits per heavy atom. The molecule has 0 spiro atoms. The summed E-state index contributed by atoms with van der Waals surface area (Å²) in [5.41, 5.74) is 1.11. The van der Waals surface area contributed by atoms with E-state index in [1.807, 2.05) is 36.4 Å². The van der Waals surface area contributed by atoms with Crippen LogP contribution in [0.15, 0.2) is 71.6 Å². The maximum absolute atomic E-state index is 12.9. The first-order valence-electron chi connectivity index (χ1n) is 12.3. The van der Waals surface area contributed by atoms with E-state index in [0.717, 1.165) is 35.6 Å². The van der Waals surface area contributed by atoms with E-state index in [1.165, 1.54) is 12.8 Å². The third-order valence-corrected chi connectivity index (χ3v) is 7.52. The molecule has 1 amide bonds. The van der Waals surface area contributed by atoms with Crippen molar-refractivity contribution >= 4 is 17.9 Å². The Labute approximate surface area is 207 Å². The van der Waals surface area contributed by atoms with E-state index in [0.29, 0.717) is 31.2 Å². The molecule has 0 saturated heterocycles. The first kappa shape index (κ1) is 24.8. The molecule has 1 saturated carbocycles. The number of ether oxygens (including phenoxy) is 1. The number of nitrogens with zero attached hydrogens (tertiary/aromatic N) is 1. The number of rotatable bonds is 13. The SMILES string of the molecule is COc1cccc(SN(CC2CC2)CC(O)C(Cc2ccccc2)NC(=O)CC2C=CCC2)c1. The zero-order valence-electron chi connectivity index (χ0n) is 19.9. The third-order valence-electron chi connectivity index (χ3n) is 6.49. The summed E-state index contributed by atoms with van der Waals surface area (Å²) in [6.07, 6.45) is 9.27. The molecule has 2 aliphatic carbocycles. The van der Waals surface area contributed by atoms with Crippen molar-refractivity contribution in [2.45, 2.75) is 55.6 Å². The van der Waals surface area contributed by atoms with Crippen LogP contribution in [0.4, 0.5) is 0 Å². The van der Waals surface area contributed by atoms with Crippen molar-refractivity contribution in [3.05, 3.63) is 72.3 Å². The number of aliphatic hydroxyl groups is 1.